The highest BCUT2D eigenvalue weighted by molar-refractivity contribution is 5.95. The number of aromatic nitrogens is 1. The third kappa shape index (κ3) is 5.19. The van der Waals surface area contributed by atoms with E-state index in [9.17, 15) is 27.6 Å². The Morgan fingerprint density at radius 1 is 1.13 bits per heavy atom. The lowest BCUT2D eigenvalue weighted by atomic mass is 10.3. The minimum absolute atomic E-state index is 0.175. The first-order chi connectivity index (χ1) is 14.1. The van der Waals surface area contributed by atoms with Gasteiger partial charge >= 0.3 is 18.1 Å². The number of rotatable bonds is 6. The number of fused-ring (bicyclic) bond motifs is 1. The number of carbonyl (C=O) groups is 2. The average Bonchev–Trinajstić information content (AvgIpc) is 2.97. The molecule has 1 heterocycles. The number of alkyl halides is 3. The highest BCUT2D eigenvalue weighted by atomic mass is 19.4. The Kier molecular flexibility index (Phi) is 5.81. The number of nitrogens with one attached hydrogen (secondary N) is 1. The summed E-state index contributed by atoms with van der Waals surface area (Å²) in [6.07, 6.45) is -6.05. The Bertz CT molecular complexity index is 1120. The van der Waals surface area contributed by atoms with Gasteiger partial charge in [-0.1, -0.05) is 12.1 Å². The fourth-order valence-electron chi connectivity index (χ4n) is 2.56. The maximum atomic E-state index is 12.2. The first kappa shape index (κ1) is 21.0. The maximum absolute atomic E-state index is 12.2. The third-order valence-corrected chi connectivity index (χ3v) is 3.89. The van der Waals surface area contributed by atoms with Crippen molar-refractivity contribution in [3.8, 4) is 5.75 Å². The Balaban J connectivity index is 1.58. The van der Waals surface area contributed by atoms with Gasteiger partial charge in [0, 0.05) is 5.69 Å². The van der Waals surface area contributed by atoms with E-state index in [1.54, 1.807) is 24.3 Å². The van der Waals surface area contributed by atoms with Gasteiger partial charge in [0.25, 0.3) is 5.91 Å². The summed E-state index contributed by atoms with van der Waals surface area (Å²) in [7, 11) is 0. The molecule has 0 aliphatic carbocycles. The van der Waals surface area contributed by atoms with Crippen LogP contribution in [0, 0.1) is 0 Å². The lowest BCUT2D eigenvalue weighted by Gasteiger charge is -2.14. The monoisotopic (exact) mass is 424 g/mol. The van der Waals surface area contributed by atoms with Crippen molar-refractivity contribution >= 4 is 28.7 Å². The minimum Gasteiger partial charge on any atom is -0.451 e. The molecule has 2 aromatic carbocycles. The van der Waals surface area contributed by atoms with E-state index in [4.69, 9.17) is 9.15 Å². The molecule has 1 atom stereocenters. The summed E-state index contributed by atoms with van der Waals surface area (Å²) < 4.78 is 51.3. The van der Waals surface area contributed by atoms with Crippen molar-refractivity contribution in [1.82, 2.24) is 4.57 Å². The number of esters is 1. The molecular formula is C19H15F3N2O6. The van der Waals surface area contributed by atoms with Crippen LogP contribution >= 0.6 is 0 Å². The molecule has 0 saturated carbocycles. The number of anilines is 1. The maximum Gasteiger partial charge on any atom is 0.573 e. The molecule has 1 N–H and O–H groups in total. The topological polar surface area (TPSA) is 99.8 Å². The molecule has 30 heavy (non-hydrogen) atoms. The van der Waals surface area contributed by atoms with Gasteiger partial charge in [-0.3, -0.25) is 14.2 Å². The quantitative estimate of drug-likeness (QED) is 0.611. The average molecular weight is 424 g/mol. The summed E-state index contributed by atoms with van der Waals surface area (Å²) in [5.74, 6) is -2.75. The van der Waals surface area contributed by atoms with Crippen molar-refractivity contribution in [2.75, 3.05) is 5.32 Å². The Morgan fingerprint density at radius 3 is 2.47 bits per heavy atom. The van der Waals surface area contributed by atoms with Crippen molar-refractivity contribution < 1.29 is 36.7 Å². The number of carbonyl (C=O) groups excluding carboxylic acids is 2. The zero-order valence-electron chi connectivity index (χ0n) is 15.4. The summed E-state index contributed by atoms with van der Waals surface area (Å²) in [6.45, 7) is 0.849. The Morgan fingerprint density at radius 2 is 1.80 bits per heavy atom. The number of nitrogens with zero attached hydrogens (tertiary/aromatic N) is 1. The van der Waals surface area contributed by atoms with E-state index < -0.39 is 42.4 Å². The number of ether oxygens (including phenoxy) is 2. The molecule has 0 saturated heterocycles. The Hall–Kier alpha value is -3.76. The van der Waals surface area contributed by atoms with E-state index in [-0.39, 0.29) is 5.69 Å². The van der Waals surface area contributed by atoms with Crippen molar-refractivity contribution in [1.29, 1.82) is 0 Å². The van der Waals surface area contributed by atoms with Gasteiger partial charge in [-0.05, 0) is 43.3 Å². The van der Waals surface area contributed by atoms with Crippen LogP contribution in [0.15, 0.2) is 57.7 Å². The summed E-state index contributed by atoms with van der Waals surface area (Å²) in [5, 5.41) is 2.40. The van der Waals surface area contributed by atoms with Gasteiger partial charge in [-0.2, -0.15) is 0 Å². The molecule has 0 spiro atoms. The standard InChI is InChI=1S/C19H15F3N2O6/c1-11(17(26)23-12-6-8-13(9-7-12)30-19(20,21)22)28-16(25)10-24-14-4-2-3-5-15(14)29-18(24)27/h2-9,11H,10H2,1H3,(H,23,26). The highest BCUT2D eigenvalue weighted by Gasteiger charge is 2.31. The summed E-state index contributed by atoms with van der Waals surface area (Å²) in [5.41, 5.74) is 0.881. The largest absolute Gasteiger partial charge is 0.573 e. The van der Waals surface area contributed by atoms with Crippen LogP contribution in [0.4, 0.5) is 18.9 Å². The van der Waals surface area contributed by atoms with Gasteiger partial charge in [0.2, 0.25) is 0 Å². The number of hydrogen-bond donors (Lipinski definition) is 1. The van der Waals surface area contributed by atoms with Crippen LogP contribution < -0.4 is 15.8 Å². The number of para-hydroxylation sites is 2. The molecule has 0 aliphatic heterocycles. The number of amides is 1. The zero-order chi connectivity index (χ0) is 21.9. The molecule has 8 nitrogen and oxygen atoms in total. The van der Waals surface area contributed by atoms with Gasteiger partial charge in [0.15, 0.2) is 11.7 Å². The molecule has 1 amide bonds. The van der Waals surface area contributed by atoms with Gasteiger partial charge in [-0.25, -0.2) is 4.79 Å². The molecular weight excluding hydrogens is 409 g/mol. The van der Waals surface area contributed by atoms with Crippen LogP contribution in [0.5, 0.6) is 5.75 Å². The van der Waals surface area contributed by atoms with Crippen LogP contribution in [-0.2, 0) is 20.9 Å². The first-order valence-corrected chi connectivity index (χ1v) is 8.57. The minimum atomic E-state index is -4.82. The second-order valence-electron chi connectivity index (χ2n) is 6.12. The predicted octanol–water partition coefficient (Wildman–Crippen LogP) is 3.06. The van der Waals surface area contributed by atoms with Crippen LogP contribution in [0.1, 0.15) is 6.92 Å². The van der Waals surface area contributed by atoms with Crippen LogP contribution in [-0.4, -0.2) is 28.9 Å². The lowest BCUT2D eigenvalue weighted by molar-refractivity contribution is -0.274. The second kappa shape index (κ2) is 8.31. The van der Waals surface area contributed by atoms with Crippen LogP contribution in [0.25, 0.3) is 11.1 Å². The number of hydrogen-bond acceptors (Lipinski definition) is 6. The van der Waals surface area contributed by atoms with Gasteiger partial charge < -0.3 is 19.2 Å². The summed E-state index contributed by atoms with van der Waals surface area (Å²) >= 11 is 0. The van der Waals surface area contributed by atoms with E-state index in [1.165, 1.54) is 19.1 Å². The molecule has 0 bridgehead atoms. The second-order valence-corrected chi connectivity index (χ2v) is 6.12. The smallest absolute Gasteiger partial charge is 0.451 e. The van der Waals surface area contributed by atoms with Gasteiger partial charge in [0.05, 0.1) is 5.52 Å². The normalized spacial score (nSPS) is 12.4. The number of halogens is 3. The molecule has 0 radical (unpaired) electrons. The molecule has 3 aromatic rings. The number of benzene rings is 2. The fourth-order valence-corrected chi connectivity index (χ4v) is 2.56. The van der Waals surface area contributed by atoms with Crippen LogP contribution in [0.3, 0.4) is 0 Å². The summed E-state index contributed by atoms with van der Waals surface area (Å²) in [4.78, 5) is 36.2. The summed E-state index contributed by atoms with van der Waals surface area (Å²) in [6, 6.07) is 10.9. The van der Waals surface area contributed by atoms with E-state index in [0.29, 0.717) is 11.1 Å². The Labute approximate surface area is 166 Å². The lowest BCUT2D eigenvalue weighted by Crippen LogP contribution is -2.32. The van der Waals surface area contributed by atoms with Crippen LogP contribution in [0.2, 0.25) is 0 Å². The van der Waals surface area contributed by atoms with Crippen molar-refractivity contribution in [3.05, 3.63) is 59.1 Å². The molecule has 0 fully saturated rings. The molecule has 158 valence electrons. The predicted molar refractivity (Wildman–Crippen MR) is 97.8 cm³/mol. The number of oxazole rings is 1. The van der Waals surface area contributed by atoms with E-state index >= 15 is 0 Å². The van der Waals surface area contributed by atoms with E-state index in [0.717, 1.165) is 16.7 Å². The molecule has 0 aliphatic rings. The third-order valence-electron chi connectivity index (χ3n) is 3.89. The molecule has 11 heteroatoms. The molecule has 3 rings (SSSR count). The van der Waals surface area contributed by atoms with E-state index in [2.05, 4.69) is 10.1 Å². The fraction of sp³-hybridized carbons (Fsp3) is 0.211. The molecule has 1 aromatic heterocycles. The SMILES string of the molecule is CC(OC(=O)Cn1c(=O)oc2ccccc21)C(=O)Nc1ccc(OC(F)(F)F)cc1. The highest BCUT2D eigenvalue weighted by Crippen LogP contribution is 2.24. The van der Waals surface area contributed by atoms with Crippen molar-refractivity contribution in [2.24, 2.45) is 0 Å². The van der Waals surface area contributed by atoms with E-state index in [1.807, 2.05) is 0 Å². The zero-order valence-corrected chi connectivity index (χ0v) is 15.4. The van der Waals surface area contributed by atoms with Gasteiger partial charge in [0.1, 0.15) is 12.3 Å². The molecule has 1 unspecified atom stereocenters. The van der Waals surface area contributed by atoms with Gasteiger partial charge in [-0.15, -0.1) is 13.2 Å². The first-order valence-electron chi connectivity index (χ1n) is 8.57. The van der Waals surface area contributed by atoms with Crippen molar-refractivity contribution in [3.63, 3.8) is 0 Å². The van der Waals surface area contributed by atoms with Crippen molar-refractivity contribution in [2.45, 2.75) is 25.9 Å².